The number of hydrogen-bond donors (Lipinski definition) is 1. The molecular formula is C13H14N2O. The van der Waals surface area contributed by atoms with Gasteiger partial charge in [0.2, 0.25) is 0 Å². The van der Waals surface area contributed by atoms with Crippen molar-refractivity contribution in [3.05, 3.63) is 47.7 Å². The number of benzene rings is 1. The van der Waals surface area contributed by atoms with E-state index in [9.17, 15) is 0 Å². The highest BCUT2D eigenvalue weighted by Crippen LogP contribution is 2.25. The molecule has 1 aromatic heterocycles. The van der Waals surface area contributed by atoms with Crippen molar-refractivity contribution in [2.45, 2.75) is 25.8 Å². The molecule has 2 aromatic rings. The fraction of sp³-hybridized carbons (Fsp3) is 0.308. The number of nitrogens with zero attached hydrogens (tertiary/aromatic N) is 1. The summed E-state index contributed by atoms with van der Waals surface area (Å²) in [6, 6.07) is 6.62. The molecule has 0 unspecified atom stereocenters. The van der Waals surface area contributed by atoms with E-state index in [1.807, 2.05) is 0 Å². The molecule has 3 rings (SSSR count). The van der Waals surface area contributed by atoms with Gasteiger partial charge in [-0.15, -0.1) is 0 Å². The number of aryl methyl sites for hydroxylation is 2. The van der Waals surface area contributed by atoms with Crippen LogP contribution in [0.4, 0.5) is 5.69 Å². The summed E-state index contributed by atoms with van der Waals surface area (Å²) in [5.41, 5.74) is 4.16. The Hall–Kier alpha value is -1.77. The quantitative estimate of drug-likeness (QED) is 0.853. The van der Waals surface area contributed by atoms with Gasteiger partial charge in [0, 0.05) is 5.69 Å². The van der Waals surface area contributed by atoms with Gasteiger partial charge >= 0.3 is 0 Å². The van der Waals surface area contributed by atoms with E-state index in [0.29, 0.717) is 6.54 Å². The van der Waals surface area contributed by atoms with Crippen molar-refractivity contribution in [2.75, 3.05) is 5.32 Å². The summed E-state index contributed by atoms with van der Waals surface area (Å²) >= 11 is 0. The van der Waals surface area contributed by atoms with Crippen molar-refractivity contribution in [1.82, 2.24) is 4.98 Å². The SMILES string of the molecule is c1ncc(CNc2ccc3c(c2)CCC3)o1. The summed E-state index contributed by atoms with van der Waals surface area (Å²) < 4.78 is 5.17. The van der Waals surface area contributed by atoms with Gasteiger partial charge < -0.3 is 9.73 Å². The van der Waals surface area contributed by atoms with E-state index in [0.717, 1.165) is 11.4 Å². The minimum Gasteiger partial charge on any atom is -0.447 e. The molecule has 1 N–H and O–H groups in total. The maximum Gasteiger partial charge on any atom is 0.180 e. The van der Waals surface area contributed by atoms with Gasteiger partial charge in [-0.3, -0.25) is 0 Å². The fourth-order valence-electron chi connectivity index (χ4n) is 2.20. The third-order valence-electron chi connectivity index (χ3n) is 3.05. The molecule has 0 fully saturated rings. The lowest BCUT2D eigenvalue weighted by Crippen LogP contribution is -1.98. The number of oxazole rings is 1. The maximum atomic E-state index is 5.17. The lowest BCUT2D eigenvalue weighted by Gasteiger charge is -2.06. The summed E-state index contributed by atoms with van der Waals surface area (Å²) in [4.78, 5) is 3.89. The van der Waals surface area contributed by atoms with Crippen molar-refractivity contribution in [1.29, 1.82) is 0 Å². The lowest BCUT2D eigenvalue weighted by molar-refractivity contribution is 0.512. The molecule has 0 bridgehead atoms. The predicted molar refractivity (Wildman–Crippen MR) is 62.3 cm³/mol. The van der Waals surface area contributed by atoms with Crippen LogP contribution in [0.3, 0.4) is 0 Å². The van der Waals surface area contributed by atoms with Crippen LogP contribution in [-0.2, 0) is 19.4 Å². The van der Waals surface area contributed by atoms with Gasteiger partial charge in [0.25, 0.3) is 0 Å². The van der Waals surface area contributed by atoms with Crippen LogP contribution in [0.5, 0.6) is 0 Å². The average Bonchev–Trinajstić information content (AvgIpc) is 2.97. The Morgan fingerprint density at radius 2 is 2.19 bits per heavy atom. The Balaban J connectivity index is 1.71. The van der Waals surface area contributed by atoms with Gasteiger partial charge in [0.05, 0.1) is 12.7 Å². The first-order valence-corrected chi connectivity index (χ1v) is 5.65. The molecule has 0 amide bonds. The van der Waals surface area contributed by atoms with E-state index in [1.165, 1.54) is 36.8 Å². The smallest absolute Gasteiger partial charge is 0.180 e. The first kappa shape index (κ1) is 9.46. The average molecular weight is 214 g/mol. The van der Waals surface area contributed by atoms with Crippen molar-refractivity contribution in [3.8, 4) is 0 Å². The van der Waals surface area contributed by atoms with Crippen molar-refractivity contribution < 1.29 is 4.42 Å². The first-order chi connectivity index (χ1) is 7.92. The number of rotatable bonds is 3. The zero-order chi connectivity index (χ0) is 10.8. The summed E-state index contributed by atoms with van der Waals surface area (Å²) in [6.45, 7) is 0.693. The summed E-state index contributed by atoms with van der Waals surface area (Å²) in [5.74, 6) is 0.862. The Labute approximate surface area is 94.5 Å². The molecule has 3 heteroatoms. The first-order valence-electron chi connectivity index (χ1n) is 5.65. The third-order valence-corrected chi connectivity index (χ3v) is 3.05. The van der Waals surface area contributed by atoms with Crippen LogP contribution >= 0.6 is 0 Å². The molecule has 0 aliphatic heterocycles. The molecule has 0 atom stereocenters. The molecule has 1 heterocycles. The second kappa shape index (κ2) is 4.00. The van der Waals surface area contributed by atoms with Crippen LogP contribution in [0.1, 0.15) is 23.3 Å². The second-order valence-corrected chi connectivity index (χ2v) is 4.16. The van der Waals surface area contributed by atoms with Crippen molar-refractivity contribution in [2.24, 2.45) is 0 Å². The molecule has 0 saturated heterocycles. The van der Waals surface area contributed by atoms with Gasteiger partial charge in [-0.2, -0.15) is 0 Å². The van der Waals surface area contributed by atoms with Crippen LogP contribution in [0.15, 0.2) is 35.2 Å². The molecule has 1 aromatic carbocycles. The summed E-state index contributed by atoms with van der Waals surface area (Å²) in [5, 5.41) is 3.34. The minimum absolute atomic E-state index is 0.693. The van der Waals surface area contributed by atoms with Crippen LogP contribution in [0.25, 0.3) is 0 Å². The molecule has 1 aliphatic rings. The van der Waals surface area contributed by atoms with Crippen molar-refractivity contribution in [3.63, 3.8) is 0 Å². The van der Waals surface area contributed by atoms with E-state index in [2.05, 4.69) is 28.5 Å². The fourth-order valence-corrected chi connectivity index (χ4v) is 2.20. The Morgan fingerprint density at radius 3 is 3.06 bits per heavy atom. The molecule has 0 saturated carbocycles. The monoisotopic (exact) mass is 214 g/mol. The molecule has 0 spiro atoms. The number of aromatic nitrogens is 1. The van der Waals surface area contributed by atoms with E-state index >= 15 is 0 Å². The number of hydrogen-bond acceptors (Lipinski definition) is 3. The molecular weight excluding hydrogens is 200 g/mol. The second-order valence-electron chi connectivity index (χ2n) is 4.16. The highest BCUT2D eigenvalue weighted by Gasteiger charge is 2.10. The Morgan fingerprint density at radius 1 is 1.25 bits per heavy atom. The highest BCUT2D eigenvalue weighted by atomic mass is 16.3. The van der Waals surface area contributed by atoms with Crippen LogP contribution in [0.2, 0.25) is 0 Å². The van der Waals surface area contributed by atoms with E-state index in [1.54, 1.807) is 6.20 Å². The van der Waals surface area contributed by atoms with Crippen LogP contribution in [-0.4, -0.2) is 4.98 Å². The summed E-state index contributed by atoms with van der Waals surface area (Å²) in [6.07, 6.45) is 6.94. The molecule has 3 nitrogen and oxygen atoms in total. The molecule has 1 aliphatic carbocycles. The number of anilines is 1. The Kier molecular flexibility index (Phi) is 2.37. The topological polar surface area (TPSA) is 38.1 Å². The molecule has 82 valence electrons. The van der Waals surface area contributed by atoms with Crippen LogP contribution in [0, 0.1) is 0 Å². The largest absolute Gasteiger partial charge is 0.447 e. The van der Waals surface area contributed by atoms with E-state index in [4.69, 9.17) is 4.42 Å². The third kappa shape index (κ3) is 1.81. The molecule has 0 radical (unpaired) electrons. The van der Waals surface area contributed by atoms with Gasteiger partial charge in [0.15, 0.2) is 6.39 Å². The lowest BCUT2D eigenvalue weighted by atomic mass is 10.1. The zero-order valence-corrected chi connectivity index (χ0v) is 9.07. The van der Waals surface area contributed by atoms with Crippen LogP contribution < -0.4 is 5.32 Å². The molecule has 16 heavy (non-hydrogen) atoms. The van der Waals surface area contributed by atoms with E-state index < -0.39 is 0 Å². The minimum atomic E-state index is 0.693. The Bertz CT molecular complexity index is 477. The predicted octanol–water partition coefficient (Wildman–Crippen LogP) is 2.78. The maximum absolute atomic E-state index is 5.17. The van der Waals surface area contributed by atoms with Gasteiger partial charge in [0.1, 0.15) is 5.76 Å². The van der Waals surface area contributed by atoms with Gasteiger partial charge in [-0.25, -0.2) is 4.98 Å². The van der Waals surface area contributed by atoms with E-state index in [-0.39, 0.29) is 0 Å². The number of fused-ring (bicyclic) bond motifs is 1. The van der Waals surface area contributed by atoms with Crippen molar-refractivity contribution >= 4 is 5.69 Å². The van der Waals surface area contributed by atoms with Gasteiger partial charge in [-0.1, -0.05) is 6.07 Å². The zero-order valence-electron chi connectivity index (χ0n) is 9.07. The number of nitrogens with one attached hydrogen (secondary N) is 1. The standard InChI is InChI=1S/C13H14N2O/c1-2-10-4-5-12(6-11(10)3-1)15-8-13-7-14-9-16-13/h4-7,9,15H,1-3,8H2. The normalized spacial score (nSPS) is 13.8. The highest BCUT2D eigenvalue weighted by molar-refractivity contribution is 5.50. The summed E-state index contributed by atoms with van der Waals surface area (Å²) in [7, 11) is 0. The van der Waals surface area contributed by atoms with Gasteiger partial charge in [-0.05, 0) is 42.5 Å².